The Balaban J connectivity index is 1.97. The molecule has 0 aliphatic carbocycles. The molecule has 0 saturated carbocycles. The minimum absolute atomic E-state index is 0.205. The van der Waals surface area contributed by atoms with Crippen molar-refractivity contribution in [2.24, 2.45) is 5.84 Å². The van der Waals surface area contributed by atoms with E-state index in [1.807, 2.05) is 0 Å². The van der Waals surface area contributed by atoms with E-state index in [4.69, 9.17) is 5.84 Å². The predicted octanol–water partition coefficient (Wildman–Crippen LogP) is 4.28. The number of nitrogens with two attached hydrogens (primary N) is 1. The van der Waals surface area contributed by atoms with Gasteiger partial charge in [0.25, 0.3) is 0 Å². The van der Waals surface area contributed by atoms with Gasteiger partial charge in [-0.3, -0.25) is 11.3 Å². The normalized spacial score (nSPS) is 12.3. The summed E-state index contributed by atoms with van der Waals surface area (Å²) in [4.78, 5) is 0. The highest BCUT2D eigenvalue weighted by atomic mass is 79.9. The highest BCUT2D eigenvalue weighted by Gasteiger charge is 2.12. The summed E-state index contributed by atoms with van der Waals surface area (Å²) in [5, 5.41) is 0. The number of benzene rings is 2. The van der Waals surface area contributed by atoms with Gasteiger partial charge in [0.05, 0.1) is 0 Å². The molecule has 2 rings (SSSR count). The zero-order valence-electron chi connectivity index (χ0n) is 11.8. The molecule has 0 aliphatic heterocycles. The van der Waals surface area contributed by atoms with E-state index in [2.05, 4.69) is 76.8 Å². The molecular formula is C17H21BrN2. The second-order valence-corrected chi connectivity index (χ2v) is 6.01. The fraction of sp³-hybridized carbons (Fsp3) is 0.294. The van der Waals surface area contributed by atoms with Crippen LogP contribution >= 0.6 is 15.9 Å². The summed E-state index contributed by atoms with van der Waals surface area (Å²) in [6.07, 6.45) is 3.24. The first-order valence-electron chi connectivity index (χ1n) is 6.97. The van der Waals surface area contributed by atoms with Crippen LogP contribution < -0.4 is 11.3 Å². The molecule has 1 unspecified atom stereocenters. The van der Waals surface area contributed by atoms with Crippen molar-refractivity contribution in [1.82, 2.24) is 5.43 Å². The Hall–Kier alpha value is -1.16. The lowest BCUT2D eigenvalue weighted by molar-refractivity contribution is 0.496. The lowest BCUT2D eigenvalue weighted by atomic mass is 9.96. The third-order valence-electron chi connectivity index (χ3n) is 3.62. The molecule has 0 spiro atoms. The van der Waals surface area contributed by atoms with Crippen LogP contribution in [0.2, 0.25) is 0 Å². The van der Waals surface area contributed by atoms with E-state index in [0.717, 1.165) is 23.7 Å². The monoisotopic (exact) mass is 332 g/mol. The molecule has 0 amide bonds. The second-order valence-electron chi connectivity index (χ2n) is 5.10. The summed E-state index contributed by atoms with van der Waals surface area (Å²) in [6, 6.07) is 17.1. The maximum absolute atomic E-state index is 5.74. The Kier molecular flexibility index (Phi) is 5.77. The highest BCUT2D eigenvalue weighted by molar-refractivity contribution is 9.10. The number of rotatable bonds is 6. The quantitative estimate of drug-likeness (QED) is 0.611. The predicted molar refractivity (Wildman–Crippen MR) is 88.3 cm³/mol. The van der Waals surface area contributed by atoms with E-state index in [9.17, 15) is 0 Å². The number of hydrogen-bond donors (Lipinski definition) is 2. The van der Waals surface area contributed by atoms with Crippen LogP contribution in [0.5, 0.6) is 0 Å². The highest BCUT2D eigenvalue weighted by Crippen LogP contribution is 2.25. The molecule has 2 aromatic rings. The average molecular weight is 333 g/mol. The summed E-state index contributed by atoms with van der Waals surface area (Å²) < 4.78 is 1.10. The fourth-order valence-electron chi connectivity index (χ4n) is 2.47. The SMILES string of the molecule is Cc1ccc(Br)cc1C(CCCc1ccccc1)NN. The summed E-state index contributed by atoms with van der Waals surface area (Å²) in [7, 11) is 0. The van der Waals surface area contributed by atoms with Crippen LogP contribution in [0.15, 0.2) is 53.0 Å². The molecule has 0 radical (unpaired) electrons. The Labute approximate surface area is 129 Å². The first kappa shape index (κ1) is 15.2. The molecule has 3 heteroatoms. The molecule has 0 aromatic heterocycles. The molecule has 0 bridgehead atoms. The van der Waals surface area contributed by atoms with Gasteiger partial charge in [-0.05, 0) is 55.0 Å². The van der Waals surface area contributed by atoms with Crippen molar-refractivity contribution in [3.8, 4) is 0 Å². The molecule has 2 nitrogen and oxygen atoms in total. The topological polar surface area (TPSA) is 38.0 Å². The van der Waals surface area contributed by atoms with Crippen LogP contribution in [0, 0.1) is 6.92 Å². The average Bonchev–Trinajstić information content (AvgIpc) is 2.48. The van der Waals surface area contributed by atoms with Crippen LogP contribution in [0.3, 0.4) is 0 Å². The summed E-state index contributed by atoms with van der Waals surface area (Å²) in [6.45, 7) is 2.13. The number of hydrogen-bond acceptors (Lipinski definition) is 2. The first-order valence-corrected chi connectivity index (χ1v) is 7.76. The van der Waals surface area contributed by atoms with Crippen molar-refractivity contribution in [1.29, 1.82) is 0 Å². The van der Waals surface area contributed by atoms with Gasteiger partial charge >= 0.3 is 0 Å². The molecule has 0 aliphatic rings. The molecule has 106 valence electrons. The Morgan fingerprint density at radius 3 is 2.60 bits per heavy atom. The van der Waals surface area contributed by atoms with Gasteiger partial charge in [-0.1, -0.05) is 52.3 Å². The van der Waals surface area contributed by atoms with Gasteiger partial charge in [0.15, 0.2) is 0 Å². The number of nitrogens with one attached hydrogen (secondary N) is 1. The van der Waals surface area contributed by atoms with Crippen molar-refractivity contribution in [3.05, 3.63) is 69.7 Å². The van der Waals surface area contributed by atoms with Crippen molar-refractivity contribution >= 4 is 15.9 Å². The molecule has 20 heavy (non-hydrogen) atoms. The third-order valence-corrected chi connectivity index (χ3v) is 4.11. The maximum Gasteiger partial charge on any atom is 0.0463 e. The third kappa shape index (κ3) is 4.17. The van der Waals surface area contributed by atoms with E-state index >= 15 is 0 Å². The minimum atomic E-state index is 0.205. The van der Waals surface area contributed by atoms with Gasteiger partial charge in [0.2, 0.25) is 0 Å². The smallest absolute Gasteiger partial charge is 0.0463 e. The van der Waals surface area contributed by atoms with E-state index in [0.29, 0.717) is 0 Å². The van der Waals surface area contributed by atoms with Crippen LogP contribution in [0.1, 0.15) is 35.6 Å². The lowest BCUT2D eigenvalue weighted by Crippen LogP contribution is -2.28. The molecule has 0 heterocycles. The van der Waals surface area contributed by atoms with Crippen LogP contribution in [-0.4, -0.2) is 0 Å². The van der Waals surface area contributed by atoms with Gasteiger partial charge in [0, 0.05) is 10.5 Å². The molecule has 0 saturated heterocycles. The van der Waals surface area contributed by atoms with Gasteiger partial charge in [0.1, 0.15) is 0 Å². The van der Waals surface area contributed by atoms with Crippen molar-refractivity contribution in [2.45, 2.75) is 32.2 Å². The maximum atomic E-state index is 5.74. The fourth-order valence-corrected chi connectivity index (χ4v) is 2.85. The standard InChI is InChI=1S/C17H21BrN2/c1-13-10-11-15(18)12-16(13)17(20-19)9-5-8-14-6-3-2-4-7-14/h2-4,6-7,10-12,17,20H,5,8-9,19H2,1H3. The number of hydrazine groups is 1. The van der Waals surface area contributed by atoms with Crippen molar-refractivity contribution < 1.29 is 0 Å². The summed E-state index contributed by atoms with van der Waals surface area (Å²) >= 11 is 3.53. The first-order chi connectivity index (χ1) is 9.70. The molecular weight excluding hydrogens is 312 g/mol. The Bertz CT molecular complexity index is 540. The van der Waals surface area contributed by atoms with Gasteiger partial charge < -0.3 is 0 Å². The minimum Gasteiger partial charge on any atom is -0.271 e. The molecule has 2 aromatic carbocycles. The number of halogens is 1. The zero-order valence-corrected chi connectivity index (χ0v) is 13.4. The summed E-state index contributed by atoms with van der Waals surface area (Å²) in [5.41, 5.74) is 6.88. The molecule has 3 N–H and O–H groups in total. The zero-order chi connectivity index (χ0) is 14.4. The van der Waals surface area contributed by atoms with E-state index in [-0.39, 0.29) is 6.04 Å². The lowest BCUT2D eigenvalue weighted by Gasteiger charge is -2.19. The number of aryl methyl sites for hydroxylation is 2. The second kappa shape index (κ2) is 7.58. The van der Waals surface area contributed by atoms with Crippen LogP contribution in [0.4, 0.5) is 0 Å². The van der Waals surface area contributed by atoms with Crippen LogP contribution in [-0.2, 0) is 6.42 Å². The Morgan fingerprint density at radius 2 is 1.90 bits per heavy atom. The van der Waals surface area contributed by atoms with Gasteiger partial charge in [-0.25, -0.2) is 0 Å². The largest absolute Gasteiger partial charge is 0.271 e. The van der Waals surface area contributed by atoms with E-state index in [1.54, 1.807) is 0 Å². The van der Waals surface area contributed by atoms with E-state index in [1.165, 1.54) is 16.7 Å². The molecule has 0 fully saturated rings. The van der Waals surface area contributed by atoms with Gasteiger partial charge in [-0.2, -0.15) is 0 Å². The van der Waals surface area contributed by atoms with E-state index < -0.39 is 0 Å². The molecule has 1 atom stereocenters. The van der Waals surface area contributed by atoms with Crippen molar-refractivity contribution in [3.63, 3.8) is 0 Å². The Morgan fingerprint density at radius 1 is 1.15 bits per heavy atom. The van der Waals surface area contributed by atoms with Crippen molar-refractivity contribution in [2.75, 3.05) is 0 Å². The van der Waals surface area contributed by atoms with Crippen LogP contribution in [0.25, 0.3) is 0 Å². The van der Waals surface area contributed by atoms with Gasteiger partial charge in [-0.15, -0.1) is 0 Å². The summed E-state index contributed by atoms with van der Waals surface area (Å²) in [5.74, 6) is 5.74.